The number of benzene rings is 2. The second-order valence-electron chi connectivity index (χ2n) is 6.90. The Morgan fingerprint density at radius 1 is 1.14 bits per heavy atom. The average Bonchev–Trinajstić information content (AvgIpc) is 2.76. The van der Waals surface area contributed by atoms with Crippen molar-refractivity contribution in [1.29, 1.82) is 0 Å². The topological polar surface area (TPSA) is 54.5 Å². The zero-order valence-electron chi connectivity index (χ0n) is 16.0. The third-order valence-corrected chi connectivity index (χ3v) is 5.65. The molecule has 0 spiro atoms. The van der Waals surface area contributed by atoms with Gasteiger partial charge in [-0.2, -0.15) is 0 Å². The van der Waals surface area contributed by atoms with Gasteiger partial charge in [-0.15, -0.1) is 0 Å². The van der Waals surface area contributed by atoms with Gasteiger partial charge in [-0.3, -0.25) is 4.79 Å². The molecular formula is C22H22ClN3O2. The van der Waals surface area contributed by atoms with Crippen molar-refractivity contribution in [3.8, 4) is 17.0 Å². The van der Waals surface area contributed by atoms with Gasteiger partial charge in [0.1, 0.15) is 5.75 Å². The summed E-state index contributed by atoms with van der Waals surface area (Å²) in [7, 11) is 1.64. The molecular weight excluding hydrogens is 374 g/mol. The number of aromatic nitrogens is 1. The fourth-order valence-electron chi connectivity index (χ4n) is 3.53. The number of amides is 1. The number of hydrogen-bond acceptors (Lipinski definition) is 4. The molecule has 4 rings (SSSR count). The maximum Gasteiger partial charge on any atom is 0.254 e. The lowest BCUT2D eigenvalue weighted by Crippen LogP contribution is -2.46. The van der Waals surface area contributed by atoms with Crippen LogP contribution in [0.4, 0.5) is 0 Å². The molecule has 1 fully saturated rings. The molecule has 1 N–H and O–H groups in total. The lowest BCUT2D eigenvalue weighted by atomic mass is 10.0. The number of hydrogen-bond donors (Lipinski definition) is 1. The van der Waals surface area contributed by atoms with Gasteiger partial charge in [-0.1, -0.05) is 17.7 Å². The van der Waals surface area contributed by atoms with Gasteiger partial charge in [0.25, 0.3) is 5.91 Å². The van der Waals surface area contributed by atoms with Gasteiger partial charge in [-0.05, 0) is 48.9 Å². The summed E-state index contributed by atoms with van der Waals surface area (Å²) in [6, 6.07) is 13.3. The molecule has 3 aromatic rings. The number of carbonyl (C=O) groups excluding carboxylic acids is 1. The summed E-state index contributed by atoms with van der Waals surface area (Å²) in [5.74, 6) is 0.824. The van der Waals surface area contributed by atoms with Crippen LogP contribution >= 0.6 is 11.6 Å². The molecule has 28 heavy (non-hydrogen) atoms. The summed E-state index contributed by atoms with van der Waals surface area (Å²) in [4.78, 5) is 19.6. The largest absolute Gasteiger partial charge is 0.497 e. The van der Waals surface area contributed by atoms with Crippen LogP contribution in [0.15, 0.2) is 42.5 Å². The highest BCUT2D eigenvalue weighted by molar-refractivity contribution is 6.36. The zero-order chi connectivity index (χ0) is 19.7. The Labute approximate surface area is 169 Å². The second kappa shape index (κ2) is 7.78. The van der Waals surface area contributed by atoms with Crippen molar-refractivity contribution in [2.24, 2.45) is 0 Å². The van der Waals surface area contributed by atoms with E-state index in [-0.39, 0.29) is 5.91 Å². The van der Waals surface area contributed by atoms with Gasteiger partial charge >= 0.3 is 0 Å². The Bertz CT molecular complexity index is 1030. The number of nitrogens with one attached hydrogen (secondary N) is 1. The molecule has 0 atom stereocenters. The molecule has 1 aromatic heterocycles. The van der Waals surface area contributed by atoms with Crippen molar-refractivity contribution in [3.63, 3.8) is 0 Å². The second-order valence-corrected chi connectivity index (χ2v) is 7.28. The molecule has 1 amide bonds. The molecule has 0 unspecified atom stereocenters. The van der Waals surface area contributed by atoms with Crippen molar-refractivity contribution in [1.82, 2.24) is 15.2 Å². The van der Waals surface area contributed by atoms with E-state index in [0.29, 0.717) is 10.6 Å². The van der Waals surface area contributed by atoms with E-state index < -0.39 is 0 Å². The Kier molecular flexibility index (Phi) is 5.20. The first kappa shape index (κ1) is 18.7. The Hall–Kier alpha value is -2.63. The third kappa shape index (κ3) is 3.43. The first-order valence-corrected chi connectivity index (χ1v) is 9.70. The number of nitrogens with zero attached hydrogens (tertiary/aromatic N) is 2. The van der Waals surface area contributed by atoms with Crippen molar-refractivity contribution in [3.05, 3.63) is 58.6 Å². The molecule has 5 nitrogen and oxygen atoms in total. The van der Waals surface area contributed by atoms with E-state index in [1.54, 1.807) is 7.11 Å². The van der Waals surface area contributed by atoms with E-state index in [1.807, 2.05) is 54.3 Å². The van der Waals surface area contributed by atoms with Crippen LogP contribution in [0.5, 0.6) is 5.75 Å². The first-order valence-electron chi connectivity index (χ1n) is 9.33. The summed E-state index contributed by atoms with van der Waals surface area (Å²) in [6.07, 6.45) is 0. The van der Waals surface area contributed by atoms with Gasteiger partial charge in [0.15, 0.2) is 0 Å². The highest BCUT2D eigenvalue weighted by atomic mass is 35.5. The third-order valence-electron chi connectivity index (χ3n) is 5.17. The molecule has 1 aliphatic rings. The molecule has 0 saturated carbocycles. The van der Waals surface area contributed by atoms with Gasteiger partial charge in [0.2, 0.25) is 0 Å². The summed E-state index contributed by atoms with van der Waals surface area (Å²) >= 11 is 6.65. The standard InChI is InChI=1S/C22H22ClN3O2/c1-14-20(23)18-8-5-16(22(27)26-11-9-24-10-12-26)13-19(18)25-21(14)15-3-6-17(28-2)7-4-15/h3-8,13,24H,9-12H2,1-2H3. The van der Waals surface area contributed by atoms with Gasteiger partial charge in [-0.25, -0.2) is 4.98 Å². The highest BCUT2D eigenvalue weighted by Crippen LogP contribution is 2.34. The lowest BCUT2D eigenvalue weighted by Gasteiger charge is -2.27. The Morgan fingerprint density at radius 3 is 2.54 bits per heavy atom. The van der Waals surface area contributed by atoms with Crippen LogP contribution < -0.4 is 10.1 Å². The van der Waals surface area contributed by atoms with Crippen LogP contribution in [-0.2, 0) is 0 Å². The van der Waals surface area contributed by atoms with Crippen molar-refractivity contribution >= 4 is 28.4 Å². The van der Waals surface area contributed by atoms with E-state index in [0.717, 1.165) is 59.7 Å². The predicted molar refractivity (Wildman–Crippen MR) is 112 cm³/mol. The molecule has 6 heteroatoms. The maximum absolute atomic E-state index is 12.8. The molecule has 0 bridgehead atoms. The Morgan fingerprint density at radius 2 is 1.86 bits per heavy atom. The summed E-state index contributed by atoms with van der Waals surface area (Å²) in [6.45, 7) is 5.05. The smallest absolute Gasteiger partial charge is 0.254 e. The number of carbonyl (C=O) groups is 1. The van der Waals surface area contributed by atoms with E-state index >= 15 is 0 Å². The van der Waals surface area contributed by atoms with E-state index in [1.165, 1.54) is 0 Å². The van der Waals surface area contributed by atoms with Crippen LogP contribution in [0.3, 0.4) is 0 Å². The number of pyridine rings is 1. The van der Waals surface area contributed by atoms with Gasteiger partial charge < -0.3 is 15.0 Å². The van der Waals surface area contributed by atoms with E-state index in [4.69, 9.17) is 21.3 Å². The minimum absolute atomic E-state index is 0.0351. The molecule has 2 heterocycles. The number of halogens is 1. The minimum atomic E-state index is 0.0351. The normalized spacial score (nSPS) is 14.3. The minimum Gasteiger partial charge on any atom is -0.497 e. The first-order chi connectivity index (χ1) is 13.6. The lowest BCUT2D eigenvalue weighted by molar-refractivity contribution is 0.0736. The number of methoxy groups -OCH3 is 1. The van der Waals surface area contributed by atoms with Crippen LogP contribution in [-0.4, -0.2) is 49.1 Å². The van der Waals surface area contributed by atoms with Gasteiger partial charge in [0.05, 0.1) is 23.3 Å². The van der Waals surface area contributed by atoms with Crippen molar-refractivity contribution in [2.45, 2.75) is 6.92 Å². The summed E-state index contributed by atoms with van der Waals surface area (Å²) in [5.41, 5.74) is 4.05. The SMILES string of the molecule is COc1ccc(-c2nc3cc(C(=O)N4CCNCC4)ccc3c(Cl)c2C)cc1. The van der Waals surface area contributed by atoms with Crippen molar-refractivity contribution in [2.75, 3.05) is 33.3 Å². The predicted octanol–water partition coefficient (Wildman–Crippen LogP) is 3.92. The van der Waals surface area contributed by atoms with E-state index in [9.17, 15) is 4.79 Å². The Balaban J connectivity index is 1.77. The molecule has 0 aliphatic carbocycles. The van der Waals surface area contributed by atoms with Gasteiger partial charge in [0, 0.05) is 42.7 Å². The molecule has 2 aromatic carbocycles. The fourth-order valence-corrected chi connectivity index (χ4v) is 3.78. The number of fused-ring (bicyclic) bond motifs is 1. The fraction of sp³-hybridized carbons (Fsp3) is 0.273. The van der Waals surface area contributed by atoms with Crippen molar-refractivity contribution < 1.29 is 9.53 Å². The van der Waals surface area contributed by atoms with Crippen LogP contribution in [0.2, 0.25) is 5.02 Å². The number of rotatable bonds is 3. The molecule has 0 radical (unpaired) electrons. The molecule has 1 saturated heterocycles. The molecule has 144 valence electrons. The number of ether oxygens (including phenoxy) is 1. The van der Waals surface area contributed by atoms with Crippen LogP contribution in [0, 0.1) is 6.92 Å². The maximum atomic E-state index is 12.8. The van der Waals surface area contributed by atoms with Crippen LogP contribution in [0.25, 0.3) is 22.2 Å². The quantitative estimate of drug-likeness (QED) is 0.730. The van der Waals surface area contributed by atoms with Crippen LogP contribution in [0.1, 0.15) is 15.9 Å². The summed E-state index contributed by atoms with van der Waals surface area (Å²) < 4.78 is 5.24. The summed E-state index contributed by atoms with van der Waals surface area (Å²) in [5, 5.41) is 4.78. The zero-order valence-corrected chi connectivity index (χ0v) is 16.7. The van der Waals surface area contributed by atoms with E-state index in [2.05, 4.69) is 5.32 Å². The average molecular weight is 396 g/mol. The number of piperazine rings is 1. The molecule has 1 aliphatic heterocycles. The monoisotopic (exact) mass is 395 g/mol. The highest BCUT2D eigenvalue weighted by Gasteiger charge is 2.19.